The maximum absolute atomic E-state index is 11.9. The second-order valence-corrected chi connectivity index (χ2v) is 5.92. The largest absolute Gasteiger partial charge is 0.355 e. The van der Waals surface area contributed by atoms with Crippen molar-refractivity contribution in [3.05, 3.63) is 16.1 Å². The van der Waals surface area contributed by atoms with Crippen LogP contribution in [0.1, 0.15) is 56.5 Å². The van der Waals surface area contributed by atoms with Gasteiger partial charge in [0.05, 0.1) is 12.1 Å². The van der Waals surface area contributed by atoms with Crippen LogP contribution in [0.4, 0.5) is 0 Å². The normalized spacial score (nSPS) is 14.1. The first kappa shape index (κ1) is 16.1. The third-order valence-corrected chi connectivity index (χ3v) is 4.34. The fourth-order valence-electron chi connectivity index (χ4n) is 1.75. The number of unbranched alkanes of at least 4 members (excludes halogenated alkanes) is 1. The Morgan fingerprint density at radius 2 is 2.16 bits per heavy atom. The first-order chi connectivity index (χ1) is 9.08. The van der Waals surface area contributed by atoms with Gasteiger partial charge in [-0.25, -0.2) is 4.98 Å². The summed E-state index contributed by atoms with van der Waals surface area (Å²) >= 11 is 1.71. The average Bonchev–Trinajstić information content (AvgIpc) is 2.87. The van der Waals surface area contributed by atoms with Gasteiger partial charge in [0.15, 0.2) is 0 Å². The SMILES string of the molecule is CCCCNC(=O)C(C)NC(C)c1ncc(CC)s1. The van der Waals surface area contributed by atoms with E-state index in [4.69, 9.17) is 0 Å². The number of thiazole rings is 1. The minimum atomic E-state index is -0.194. The van der Waals surface area contributed by atoms with E-state index in [1.54, 1.807) is 11.3 Å². The van der Waals surface area contributed by atoms with Crippen molar-refractivity contribution < 1.29 is 4.79 Å². The summed E-state index contributed by atoms with van der Waals surface area (Å²) in [6, 6.07) is -0.0851. The number of aryl methyl sites for hydroxylation is 1. The Morgan fingerprint density at radius 3 is 2.74 bits per heavy atom. The van der Waals surface area contributed by atoms with Gasteiger partial charge >= 0.3 is 0 Å². The Balaban J connectivity index is 2.42. The van der Waals surface area contributed by atoms with E-state index in [2.05, 4.69) is 29.5 Å². The second-order valence-electron chi connectivity index (χ2n) is 4.77. The minimum absolute atomic E-state index is 0.0626. The zero-order chi connectivity index (χ0) is 14.3. The van der Waals surface area contributed by atoms with Crippen LogP contribution in [-0.4, -0.2) is 23.5 Å². The zero-order valence-electron chi connectivity index (χ0n) is 12.3. The van der Waals surface area contributed by atoms with E-state index in [9.17, 15) is 4.79 Å². The lowest BCUT2D eigenvalue weighted by Crippen LogP contribution is -2.43. The molecule has 0 bridgehead atoms. The molecule has 0 fully saturated rings. The number of carbonyl (C=O) groups excluding carboxylic acids is 1. The topological polar surface area (TPSA) is 54.0 Å². The molecule has 1 rings (SSSR count). The molecule has 0 aliphatic rings. The average molecular weight is 283 g/mol. The van der Waals surface area contributed by atoms with E-state index < -0.39 is 0 Å². The molecular formula is C14H25N3OS. The highest BCUT2D eigenvalue weighted by atomic mass is 32.1. The summed E-state index contributed by atoms with van der Waals surface area (Å²) in [7, 11) is 0. The van der Waals surface area contributed by atoms with Crippen molar-refractivity contribution in [1.29, 1.82) is 0 Å². The number of nitrogens with zero attached hydrogens (tertiary/aromatic N) is 1. The first-order valence-corrected chi connectivity index (χ1v) is 7.88. The van der Waals surface area contributed by atoms with Gasteiger partial charge in [0.1, 0.15) is 5.01 Å². The molecule has 0 aliphatic carbocycles. The Bertz CT molecular complexity index is 392. The Hall–Kier alpha value is -0.940. The number of carbonyl (C=O) groups is 1. The lowest BCUT2D eigenvalue weighted by molar-refractivity contribution is -0.122. The van der Waals surface area contributed by atoms with Crippen molar-refractivity contribution in [3.63, 3.8) is 0 Å². The molecule has 108 valence electrons. The van der Waals surface area contributed by atoms with Crippen LogP contribution in [0.15, 0.2) is 6.20 Å². The van der Waals surface area contributed by atoms with Crippen LogP contribution in [0.25, 0.3) is 0 Å². The molecule has 1 aromatic rings. The highest BCUT2D eigenvalue weighted by Crippen LogP contribution is 2.20. The number of nitrogens with one attached hydrogen (secondary N) is 2. The molecule has 0 aliphatic heterocycles. The molecule has 0 aromatic carbocycles. The molecule has 4 nitrogen and oxygen atoms in total. The van der Waals surface area contributed by atoms with Crippen LogP contribution in [0.5, 0.6) is 0 Å². The molecule has 2 N–H and O–H groups in total. The molecule has 1 amide bonds. The summed E-state index contributed by atoms with van der Waals surface area (Å²) in [5.41, 5.74) is 0. The maximum atomic E-state index is 11.9. The van der Waals surface area contributed by atoms with Crippen molar-refractivity contribution in [3.8, 4) is 0 Å². The van der Waals surface area contributed by atoms with Crippen molar-refractivity contribution >= 4 is 17.2 Å². The van der Waals surface area contributed by atoms with Gasteiger partial charge in [-0.2, -0.15) is 0 Å². The van der Waals surface area contributed by atoms with Crippen molar-refractivity contribution in [2.45, 2.75) is 59.0 Å². The zero-order valence-corrected chi connectivity index (χ0v) is 13.1. The van der Waals surface area contributed by atoms with Crippen LogP contribution in [0, 0.1) is 0 Å². The summed E-state index contributed by atoms with van der Waals surface area (Å²) < 4.78 is 0. The Kier molecular flexibility index (Phi) is 7.02. The molecule has 0 spiro atoms. The molecule has 2 atom stereocenters. The Morgan fingerprint density at radius 1 is 1.42 bits per heavy atom. The fraction of sp³-hybridized carbons (Fsp3) is 0.714. The van der Waals surface area contributed by atoms with Gasteiger partial charge in [0.2, 0.25) is 5.91 Å². The van der Waals surface area contributed by atoms with Crippen LogP contribution < -0.4 is 10.6 Å². The number of aromatic nitrogens is 1. The van der Waals surface area contributed by atoms with E-state index in [1.807, 2.05) is 20.0 Å². The van der Waals surface area contributed by atoms with E-state index in [0.717, 1.165) is 30.8 Å². The van der Waals surface area contributed by atoms with Crippen LogP contribution in [-0.2, 0) is 11.2 Å². The van der Waals surface area contributed by atoms with Gasteiger partial charge in [-0.05, 0) is 26.7 Å². The molecule has 0 saturated carbocycles. The molecule has 19 heavy (non-hydrogen) atoms. The lowest BCUT2D eigenvalue weighted by atomic mass is 10.2. The van der Waals surface area contributed by atoms with E-state index in [1.165, 1.54) is 4.88 Å². The number of hydrogen-bond donors (Lipinski definition) is 2. The number of hydrogen-bond acceptors (Lipinski definition) is 4. The summed E-state index contributed by atoms with van der Waals surface area (Å²) in [5, 5.41) is 7.28. The van der Waals surface area contributed by atoms with E-state index >= 15 is 0 Å². The second kappa shape index (κ2) is 8.27. The quantitative estimate of drug-likeness (QED) is 0.721. The smallest absolute Gasteiger partial charge is 0.236 e. The van der Waals surface area contributed by atoms with Crippen LogP contribution in [0.2, 0.25) is 0 Å². The van der Waals surface area contributed by atoms with Gasteiger partial charge < -0.3 is 5.32 Å². The summed E-state index contributed by atoms with van der Waals surface area (Å²) in [6.45, 7) is 8.94. The standard InChI is InChI=1S/C14H25N3OS/c1-5-7-8-15-13(18)10(3)17-11(4)14-16-9-12(6-2)19-14/h9-11,17H,5-8H2,1-4H3,(H,15,18). The van der Waals surface area contributed by atoms with E-state index in [0.29, 0.717) is 0 Å². The maximum Gasteiger partial charge on any atom is 0.236 e. The van der Waals surface area contributed by atoms with Gasteiger partial charge in [-0.15, -0.1) is 11.3 Å². The molecule has 5 heteroatoms. The highest BCUT2D eigenvalue weighted by molar-refractivity contribution is 7.11. The van der Waals surface area contributed by atoms with Crippen molar-refractivity contribution in [2.75, 3.05) is 6.54 Å². The van der Waals surface area contributed by atoms with E-state index in [-0.39, 0.29) is 18.0 Å². The van der Waals surface area contributed by atoms with Gasteiger partial charge in [0.25, 0.3) is 0 Å². The lowest BCUT2D eigenvalue weighted by Gasteiger charge is -2.18. The predicted octanol–water partition coefficient (Wildman–Crippen LogP) is 2.66. The summed E-state index contributed by atoms with van der Waals surface area (Å²) in [5.74, 6) is 0.0626. The van der Waals surface area contributed by atoms with Crippen molar-refractivity contribution in [1.82, 2.24) is 15.6 Å². The number of amides is 1. The van der Waals surface area contributed by atoms with Crippen LogP contribution in [0.3, 0.4) is 0 Å². The van der Waals surface area contributed by atoms with Crippen LogP contribution >= 0.6 is 11.3 Å². The minimum Gasteiger partial charge on any atom is -0.355 e. The van der Waals surface area contributed by atoms with Gasteiger partial charge in [-0.3, -0.25) is 10.1 Å². The Labute approximate surface area is 120 Å². The molecule has 0 saturated heterocycles. The summed E-state index contributed by atoms with van der Waals surface area (Å²) in [6.07, 6.45) is 5.05. The van der Waals surface area contributed by atoms with Gasteiger partial charge in [0, 0.05) is 17.6 Å². The first-order valence-electron chi connectivity index (χ1n) is 7.06. The fourth-order valence-corrected chi connectivity index (χ4v) is 2.62. The molecule has 1 heterocycles. The molecule has 0 radical (unpaired) electrons. The number of rotatable bonds is 8. The monoisotopic (exact) mass is 283 g/mol. The molecule has 1 aromatic heterocycles. The summed E-state index contributed by atoms with van der Waals surface area (Å²) in [4.78, 5) is 17.5. The highest BCUT2D eigenvalue weighted by Gasteiger charge is 2.17. The predicted molar refractivity (Wildman–Crippen MR) is 80.4 cm³/mol. The molecule has 2 unspecified atom stereocenters. The molecular weight excluding hydrogens is 258 g/mol. The third-order valence-electron chi connectivity index (χ3n) is 3.01. The van der Waals surface area contributed by atoms with Gasteiger partial charge in [-0.1, -0.05) is 20.3 Å². The van der Waals surface area contributed by atoms with Crippen molar-refractivity contribution in [2.24, 2.45) is 0 Å². The third kappa shape index (κ3) is 5.28.